The monoisotopic (exact) mass is 309 g/mol. The number of hydrogen-bond acceptors (Lipinski definition) is 3. The maximum atomic E-state index is 12.5. The lowest BCUT2D eigenvalue weighted by atomic mass is 9.99. The minimum absolute atomic E-state index is 0.0373. The van der Waals surface area contributed by atoms with Crippen molar-refractivity contribution >= 4 is 23.5 Å². The van der Waals surface area contributed by atoms with Crippen LogP contribution in [0.2, 0.25) is 5.02 Å². The number of fused-ring (bicyclic) bond motifs is 1. The number of hydrogen-bond donors (Lipinski definition) is 1. The van der Waals surface area contributed by atoms with E-state index in [1.807, 2.05) is 6.92 Å². The molecule has 0 radical (unpaired) electrons. The highest BCUT2D eigenvalue weighted by atomic mass is 35.5. The Balaban J connectivity index is 1.70. The van der Waals surface area contributed by atoms with Crippen LogP contribution < -0.4 is 4.74 Å². The van der Waals surface area contributed by atoms with Crippen LogP contribution in [0.15, 0.2) is 18.2 Å². The van der Waals surface area contributed by atoms with Gasteiger partial charge in [0.05, 0.1) is 5.92 Å². The van der Waals surface area contributed by atoms with Crippen molar-refractivity contribution in [1.29, 1.82) is 0 Å². The number of carbonyl (C=O) groups is 2. The van der Waals surface area contributed by atoms with E-state index in [0.29, 0.717) is 23.7 Å². The van der Waals surface area contributed by atoms with Crippen LogP contribution in [0.3, 0.4) is 0 Å². The molecule has 2 aliphatic heterocycles. The Labute approximate surface area is 127 Å². The van der Waals surface area contributed by atoms with Gasteiger partial charge in [-0.05, 0) is 29.7 Å². The second kappa shape index (κ2) is 5.22. The lowest BCUT2D eigenvalue weighted by Crippen LogP contribution is -2.40. The predicted octanol–water partition coefficient (Wildman–Crippen LogP) is 1.82. The standard InChI is InChI=1S/C15H16ClNO4/c1-8-6-17(7-11(8)15(19)20)14(18)13-5-9-4-10(16)2-3-12(9)21-13/h2-4,8,11,13H,5-7H2,1H3,(H,19,20). The summed E-state index contributed by atoms with van der Waals surface area (Å²) < 4.78 is 5.67. The molecule has 1 amide bonds. The zero-order chi connectivity index (χ0) is 15.1. The molecule has 112 valence electrons. The van der Waals surface area contributed by atoms with Crippen molar-refractivity contribution in [3.05, 3.63) is 28.8 Å². The number of benzene rings is 1. The fraction of sp³-hybridized carbons (Fsp3) is 0.467. The van der Waals surface area contributed by atoms with Crippen molar-refractivity contribution in [3.8, 4) is 5.75 Å². The van der Waals surface area contributed by atoms with E-state index in [-0.39, 0.29) is 18.4 Å². The van der Waals surface area contributed by atoms with Gasteiger partial charge in [-0.3, -0.25) is 9.59 Å². The first-order chi connectivity index (χ1) is 9.95. The molecule has 0 aliphatic carbocycles. The minimum atomic E-state index is -0.847. The number of carboxylic acid groups (broad SMARTS) is 1. The maximum absolute atomic E-state index is 12.5. The summed E-state index contributed by atoms with van der Waals surface area (Å²) in [5, 5.41) is 9.75. The summed E-state index contributed by atoms with van der Waals surface area (Å²) in [4.78, 5) is 25.2. The van der Waals surface area contributed by atoms with Gasteiger partial charge in [-0.15, -0.1) is 0 Å². The highest BCUT2D eigenvalue weighted by Crippen LogP contribution is 2.33. The first-order valence-corrected chi connectivity index (χ1v) is 7.30. The molecular weight excluding hydrogens is 294 g/mol. The van der Waals surface area contributed by atoms with Crippen LogP contribution >= 0.6 is 11.6 Å². The first kappa shape index (κ1) is 14.2. The highest BCUT2D eigenvalue weighted by Gasteiger charge is 2.41. The molecule has 5 nitrogen and oxygen atoms in total. The van der Waals surface area contributed by atoms with E-state index in [0.717, 1.165) is 5.56 Å². The zero-order valence-electron chi connectivity index (χ0n) is 11.6. The minimum Gasteiger partial charge on any atom is -0.481 e. The number of likely N-dealkylation sites (tertiary alicyclic amines) is 1. The third-order valence-electron chi connectivity index (χ3n) is 4.21. The quantitative estimate of drug-likeness (QED) is 0.905. The lowest BCUT2D eigenvalue weighted by Gasteiger charge is -2.20. The first-order valence-electron chi connectivity index (χ1n) is 6.92. The summed E-state index contributed by atoms with van der Waals surface area (Å²) in [6.07, 6.45) is -0.0876. The molecule has 1 aromatic rings. The number of ether oxygens (including phenoxy) is 1. The molecule has 0 saturated carbocycles. The van der Waals surface area contributed by atoms with Crippen molar-refractivity contribution < 1.29 is 19.4 Å². The average molecular weight is 310 g/mol. The number of carbonyl (C=O) groups excluding carboxylic acids is 1. The third-order valence-corrected chi connectivity index (χ3v) is 4.45. The van der Waals surface area contributed by atoms with Crippen LogP contribution in [0, 0.1) is 11.8 Å². The summed E-state index contributed by atoms with van der Waals surface area (Å²) in [5.41, 5.74) is 0.919. The highest BCUT2D eigenvalue weighted by molar-refractivity contribution is 6.30. The zero-order valence-corrected chi connectivity index (χ0v) is 12.3. The molecule has 1 aromatic carbocycles. The Kier molecular flexibility index (Phi) is 3.53. The van der Waals surface area contributed by atoms with Gasteiger partial charge in [-0.1, -0.05) is 18.5 Å². The van der Waals surface area contributed by atoms with Crippen LogP contribution in [0.25, 0.3) is 0 Å². The molecule has 1 N–H and O–H groups in total. The Morgan fingerprint density at radius 2 is 2.14 bits per heavy atom. The molecule has 6 heteroatoms. The van der Waals surface area contributed by atoms with Gasteiger partial charge in [0, 0.05) is 24.5 Å². The van der Waals surface area contributed by atoms with Crippen LogP contribution in [0.5, 0.6) is 5.75 Å². The fourth-order valence-corrected chi connectivity index (χ4v) is 3.22. The smallest absolute Gasteiger partial charge is 0.308 e. The van der Waals surface area contributed by atoms with Crippen molar-refractivity contribution in [2.24, 2.45) is 11.8 Å². The molecular formula is C15H16ClNO4. The number of nitrogens with zero attached hydrogens (tertiary/aromatic N) is 1. The van der Waals surface area contributed by atoms with Gasteiger partial charge >= 0.3 is 5.97 Å². The molecule has 2 heterocycles. The third kappa shape index (κ3) is 2.58. The second-order valence-corrected chi connectivity index (χ2v) is 6.16. The predicted molar refractivity (Wildman–Crippen MR) is 76.4 cm³/mol. The van der Waals surface area contributed by atoms with Crippen molar-refractivity contribution in [1.82, 2.24) is 4.90 Å². The number of amides is 1. The Hall–Kier alpha value is -1.75. The van der Waals surface area contributed by atoms with Crippen LogP contribution in [0.1, 0.15) is 12.5 Å². The number of carboxylic acids is 1. The summed E-state index contributed by atoms with van der Waals surface area (Å²) in [6, 6.07) is 5.29. The van der Waals surface area contributed by atoms with Gasteiger partial charge in [0.15, 0.2) is 6.10 Å². The van der Waals surface area contributed by atoms with E-state index >= 15 is 0 Å². The molecule has 0 aromatic heterocycles. The molecule has 3 unspecified atom stereocenters. The normalized spacial score (nSPS) is 27.3. The number of aliphatic carboxylic acids is 1. The van der Waals surface area contributed by atoms with Crippen LogP contribution in [-0.2, 0) is 16.0 Å². The van der Waals surface area contributed by atoms with Gasteiger partial charge in [0.25, 0.3) is 5.91 Å². The lowest BCUT2D eigenvalue weighted by molar-refractivity contribution is -0.142. The molecule has 1 fully saturated rings. The van der Waals surface area contributed by atoms with Crippen molar-refractivity contribution in [2.45, 2.75) is 19.4 Å². The SMILES string of the molecule is CC1CN(C(=O)C2Cc3cc(Cl)ccc3O2)CC1C(=O)O. The summed E-state index contributed by atoms with van der Waals surface area (Å²) in [5.74, 6) is -0.838. The summed E-state index contributed by atoms with van der Waals surface area (Å²) in [7, 11) is 0. The average Bonchev–Trinajstić information content (AvgIpc) is 3.00. The topological polar surface area (TPSA) is 66.8 Å². The molecule has 1 saturated heterocycles. The van der Waals surface area contributed by atoms with E-state index in [9.17, 15) is 9.59 Å². The molecule has 2 aliphatic rings. The van der Waals surface area contributed by atoms with Gasteiger partial charge in [0.2, 0.25) is 0 Å². The maximum Gasteiger partial charge on any atom is 0.308 e. The van der Waals surface area contributed by atoms with Crippen LogP contribution in [0.4, 0.5) is 0 Å². The van der Waals surface area contributed by atoms with Gasteiger partial charge < -0.3 is 14.7 Å². The van der Waals surface area contributed by atoms with Crippen molar-refractivity contribution in [2.75, 3.05) is 13.1 Å². The molecule has 21 heavy (non-hydrogen) atoms. The van der Waals surface area contributed by atoms with E-state index in [2.05, 4.69) is 0 Å². The van der Waals surface area contributed by atoms with Crippen molar-refractivity contribution in [3.63, 3.8) is 0 Å². The molecule has 0 spiro atoms. The van der Waals surface area contributed by atoms with Gasteiger partial charge in [-0.25, -0.2) is 0 Å². The van der Waals surface area contributed by atoms with E-state index in [1.54, 1.807) is 23.1 Å². The van der Waals surface area contributed by atoms with E-state index < -0.39 is 18.0 Å². The molecule has 0 bridgehead atoms. The number of rotatable bonds is 2. The number of halogens is 1. The molecule has 3 rings (SSSR count). The van der Waals surface area contributed by atoms with Gasteiger partial charge in [0.1, 0.15) is 5.75 Å². The summed E-state index contributed by atoms with van der Waals surface area (Å²) >= 11 is 5.93. The van der Waals surface area contributed by atoms with Crippen LogP contribution in [-0.4, -0.2) is 41.1 Å². The Morgan fingerprint density at radius 3 is 2.81 bits per heavy atom. The Morgan fingerprint density at radius 1 is 1.38 bits per heavy atom. The van der Waals surface area contributed by atoms with E-state index in [1.165, 1.54) is 0 Å². The van der Waals surface area contributed by atoms with E-state index in [4.69, 9.17) is 21.4 Å². The fourth-order valence-electron chi connectivity index (χ4n) is 3.03. The molecule has 3 atom stereocenters. The summed E-state index contributed by atoms with van der Waals surface area (Å²) in [6.45, 7) is 2.58. The largest absolute Gasteiger partial charge is 0.481 e. The Bertz CT molecular complexity index is 603. The van der Waals surface area contributed by atoms with Gasteiger partial charge in [-0.2, -0.15) is 0 Å². The second-order valence-electron chi connectivity index (χ2n) is 5.73.